The van der Waals surface area contributed by atoms with Crippen LogP contribution in [0.1, 0.15) is 25.3 Å². The molecule has 2 heteroatoms. The second-order valence-electron chi connectivity index (χ2n) is 3.95. The Morgan fingerprint density at radius 1 is 1.29 bits per heavy atom. The fourth-order valence-corrected chi connectivity index (χ4v) is 2.05. The predicted molar refractivity (Wildman–Crippen MR) is 60.6 cm³/mol. The summed E-state index contributed by atoms with van der Waals surface area (Å²) in [5, 5.41) is 0. The largest absolute Gasteiger partial charge is 0.344 e. The van der Waals surface area contributed by atoms with Gasteiger partial charge in [0.05, 0.1) is 0 Å². The molecule has 0 aromatic heterocycles. The molecule has 3 N–H and O–H groups in total. The Labute approximate surface area is 86.5 Å². The van der Waals surface area contributed by atoms with Gasteiger partial charge in [0.15, 0.2) is 0 Å². The normalized spacial score (nSPS) is 21.9. The van der Waals surface area contributed by atoms with Crippen LogP contribution in [0.3, 0.4) is 0 Å². The molecule has 2 rings (SSSR count). The Morgan fingerprint density at radius 2 is 2.00 bits per heavy atom. The van der Waals surface area contributed by atoms with Gasteiger partial charge in [-0.15, -0.1) is 0 Å². The Bertz CT molecular complexity index is 258. The van der Waals surface area contributed by atoms with E-state index >= 15 is 0 Å². The average Bonchev–Trinajstić information content (AvgIpc) is 2.54. The molecule has 78 valence electrons. The minimum Gasteiger partial charge on any atom is -0.344 e. The van der Waals surface area contributed by atoms with Crippen LogP contribution in [-0.4, -0.2) is 17.5 Å². The molecule has 0 bridgehead atoms. The molecule has 1 unspecified atom stereocenters. The summed E-state index contributed by atoms with van der Waals surface area (Å²) in [6, 6.07) is 11.5. The Kier molecular flexibility index (Phi) is 4.11. The summed E-state index contributed by atoms with van der Waals surface area (Å²) in [6.07, 6.45) is 2.74. The second-order valence-corrected chi connectivity index (χ2v) is 3.95. The first-order valence-corrected chi connectivity index (χ1v) is 5.14. The highest BCUT2D eigenvalue weighted by molar-refractivity contribution is 5.14. The molecule has 1 heterocycles. The minimum atomic E-state index is 0. The quantitative estimate of drug-likeness (QED) is 0.782. The van der Waals surface area contributed by atoms with E-state index in [0.29, 0.717) is 0 Å². The van der Waals surface area contributed by atoms with Crippen LogP contribution in [0.4, 0.5) is 0 Å². The SMILES string of the molecule is CC1CCCN1Cc1ccccc1.N. The van der Waals surface area contributed by atoms with Crippen molar-refractivity contribution in [2.45, 2.75) is 32.4 Å². The number of likely N-dealkylation sites (tertiary alicyclic amines) is 1. The third kappa shape index (κ3) is 2.56. The van der Waals surface area contributed by atoms with Gasteiger partial charge >= 0.3 is 0 Å². The molecule has 0 amide bonds. The van der Waals surface area contributed by atoms with Gasteiger partial charge in [0.25, 0.3) is 0 Å². The van der Waals surface area contributed by atoms with Crippen molar-refractivity contribution < 1.29 is 0 Å². The number of nitrogens with zero attached hydrogens (tertiary/aromatic N) is 1. The van der Waals surface area contributed by atoms with Crippen molar-refractivity contribution in [3.05, 3.63) is 35.9 Å². The summed E-state index contributed by atoms with van der Waals surface area (Å²) in [7, 11) is 0. The number of rotatable bonds is 2. The molecule has 0 saturated carbocycles. The van der Waals surface area contributed by atoms with Crippen LogP contribution in [0.2, 0.25) is 0 Å². The number of hydrogen-bond acceptors (Lipinski definition) is 2. The molecule has 1 fully saturated rings. The molecular weight excluding hydrogens is 172 g/mol. The van der Waals surface area contributed by atoms with Gasteiger partial charge in [-0.2, -0.15) is 0 Å². The molecule has 1 aromatic carbocycles. The lowest BCUT2D eigenvalue weighted by atomic mass is 10.2. The standard InChI is InChI=1S/C12H17N.H3N/c1-11-6-5-9-13(11)10-12-7-3-2-4-8-12;/h2-4,7-8,11H,5-6,9-10H2,1H3;1H3. The van der Waals surface area contributed by atoms with E-state index in [0.717, 1.165) is 12.6 Å². The van der Waals surface area contributed by atoms with Crippen LogP contribution in [0.25, 0.3) is 0 Å². The fraction of sp³-hybridized carbons (Fsp3) is 0.500. The highest BCUT2D eigenvalue weighted by Gasteiger charge is 2.19. The summed E-state index contributed by atoms with van der Waals surface area (Å²) in [5.41, 5.74) is 1.44. The van der Waals surface area contributed by atoms with Gasteiger partial charge < -0.3 is 6.15 Å². The van der Waals surface area contributed by atoms with E-state index < -0.39 is 0 Å². The molecule has 0 spiro atoms. The van der Waals surface area contributed by atoms with Gasteiger partial charge in [0.2, 0.25) is 0 Å². The van der Waals surface area contributed by atoms with Crippen molar-refractivity contribution in [2.24, 2.45) is 0 Å². The summed E-state index contributed by atoms with van der Waals surface area (Å²) >= 11 is 0. The van der Waals surface area contributed by atoms with Crippen LogP contribution < -0.4 is 6.15 Å². The zero-order valence-corrected chi connectivity index (χ0v) is 8.95. The highest BCUT2D eigenvalue weighted by Crippen LogP contribution is 2.18. The van der Waals surface area contributed by atoms with Gasteiger partial charge in [0, 0.05) is 12.6 Å². The van der Waals surface area contributed by atoms with Crippen molar-refractivity contribution in [3.8, 4) is 0 Å². The van der Waals surface area contributed by atoms with Crippen LogP contribution in [0, 0.1) is 0 Å². The first-order chi connectivity index (χ1) is 6.36. The third-order valence-electron chi connectivity index (χ3n) is 2.92. The third-order valence-corrected chi connectivity index (χ3v) is 2.92. The zero-order valence-electron chi connectivity index (χ0n) is 8.95. The zero-order chi connectivity index (χ0) is 9.10. The summed E-state index contributed by atoms with van der Waals surface area (Å²) in [6.45, 7) is 4.73. The Balaban J connectivity index is 0.000000980. The van der Waals surface area contributed by atoms with Gasteiger partial charge in [0.1, 0.15) is 0 Å². The summed E-state index contributed by atoms with van der Waals surface area (Å²) < 4.78 is 0. The average molecular weight is 192 g/mol. The molecule has 0 aliphatic carbocycles. The van der Waals surface area contributed by atoms with Gasteiger partial charge in [-0.3, -0.25) is 4.90 Å². The van der Waals surface area contributed by atoms with Crippen molar-refractivity contribution in [1.82, 2.24) is 11.1 Å². The van der Waals surface area contributed by atoms with Gasteiger partial charge in [-0.1, -0.05) is 30.3 Å². The van der Waals surface area contributed by atoms with Gasteiger partial charge in [-0.05, 0) is 31.9 Å². The highest BCUT2D eigenvalue weighted by atomic mass is 15.2. The van der Waals surface area contributed by atoms with E-state index in [9.17, 15) is 0 Å². The molecular formula is C12H20N2. The molecule has 1 aliphatic rings. The molecule has 2 nitrogen and oxygen atoms in total. The van der Waals surface area contributed by atoms with Crippen molar-refractivity contribution >= 4 is 0 Å². The van der Waals surface area contributed by atoms with Crippen molar-refractivity contribution in [3.63, 3.8) is 0 Å². The first kappa shape index (κ1) is 11.2. The van der Waals surface area contributed by atoms with Crippen LogP contribution in [0.5, 0.6) is 0 Å². The Morgan fingerprint density at radius 3 is 2.57 bits per heavy atom. The second kappa shape index (κ2) is 5.13. The lowest BCUT2D eigenvalue weighted by Gasteiger charge is -2.20. The van der Waals surface area contributed by atoms with Crippen molar-refractivity contribution in [2.75, 3.05) is 6.54 Å². The first-order valence-electron chi connectivity index (χ1n) is 5.14. The van der Waals surface area contributed by atoms with Gasteiger partial charge in [-0.25, -0.2) is 0 Å². The van der Waals surface area contributed by atoms with E-state index in [1.807, 2.05) is 0 Å². The monoisotopic (exact) mass is 192 g/mol. The lowest BCUT2D eigenvalue weighted by molar-refractivity contribution is 0.260. The molecule has 1 atom stereocenters. The number of benzene rings is 1. The van der Waals surface area contributed by atoms with Crippen LogP contribution in [-0.2, 0) is 6.54 Å². The van der Waals surface area contributed by atoms with Crippen LogP contribution >= 0.6 is 0 Å². The predicted octanol–water partition coefficient (Wildman–Crippen LogP) is 2.83. The lowest BCUT2D eigenvalue weighted by Crippen LogP contribution is -2.25. The van der Waals surface area contributed by atoms with Crippen molar-refractivity contribution in [1.29, 1.82) is 0 Å². The maximum atomic E-state index is 2.56. The smallest absolute Gasteiger partial charge is 0.0236 e. The Hall–Kier alpha value is -0.860. The van der Waals surface area contributed by atoms with E-state index in [4.69, 9.17) is 0 Å². The maximum absolute atomic E-state index is 2.56. The molecule has 1 aromatic rings. The molecule has 1 aliphatic heterocycles. The molecule has 0 radical (unpaired) electrons. The fourth-order valence-electron chi connectivity index (χ4n) is 2.05. The molecule has 14 heavy (non-hydrogen) atoms. The summed E-state index contributed by atoms with van der Waals surface area (Å²) in [5.74, 6) is 0. The van der Waals surface area contributed by atoms with E-state index in [2.05, 4.69) is 42.2 Å². The number of hydrogen-bond donors (Lipinski definition) is 1. The maximum Gasteiger partial charge on any atom is 0.0236 e. The minimum absolute atomic E-state index is 0. The molecule has 1 saturated heterocycles. The van der Waals surface area contributed by atoms with E-state index in [1.165, 1.54) is 24.9 Å². The van der Waals surface area contributed by atoms with Crippen LogP contribution in [0.15, 0.2) is 30.3 Å². The topological polar surface area (TPSA) is 38.2 Å². The van der Waals surface area contributed by atoms with E-state index in [1.54, 1.807) is 0 Å². The van der Waals surface area contributed by atoms with E-state index in [-0.39, 0.29) is 6.15 Å². The summed E-state index contributed by atoms with van der Waals surface area (Å²) in [4.78, 5) is 2.56.